The van der Waals surface area contributed by atoms with Crippen LogP contribution in [0.3, 0.4) is 0 Å². The molecule has 0 bridgehead atoms. The number of aryl methyl sites for hydroxylation is 1. The molecule has 27 heavy (non-hydrogen) atoms. The maximum absolute atomic E-state index is 12.8. The van der Waals surface area contributed by atoms with Crippen LogP contribution in [0.4, 0.5) is 5.69 Å². The number of nitrogens with zero attached hydrogens (tertiary/aromatic N) is 1. The van der Waals surface area contributed by atoms with Crippen LogP contribution in [0.25, 0.3) is 0 Å². The second-order valence-corrected chi connectivity index (χ2v) is 7.26. The lowest BCUT2D eigenvalue weighted by Crippen LogP contribution is -2.37. The van der Waals surface area contributed by atoms with E-state index in [1.807, 2.05) is 25.1 Å². The quantitative estimate of drug-likeness (QED) is 0.727. The largest absolute Gasteiger partial charge is 0.492 e. The number of fused-ring (bicyclic) bond motifs is 1. The van der Waals surface area contributed by atoms with Gasteiger partial charge in [0.15, 0.2) is 0 Å². The fraction of sp³-hybridized carbons (Fsp3) is 0.300. The first-order valence-electron chi connectivity index (χ1n) is 8.64. The molecule has 3 rings (SSSR count). The normalized spacial score (nSPS) is 15.6. The molecule has 2 aromatic carbocycles. The summed E-state index contributed by atoms with van der Waals surface area (Å²) in [4.78, 5) is 26.1. The Morgan fingerprint density at radius 2 is 2.04 bits per heavy atom. The molecule has 0 unspecified atom stereocenters. The van der Waals surface area contributed by atoms with E-state index in [1.54, 1.807) is 23.1 Å². The van der Waals surface area contributed by atoms with Crippen molar-refractivity contribution in [2.75, 3.05) is 18.1 Å². The summed E-state index contributed by atoms with van der Waals surface area (Å²) in [5, 5.41) is 3.74. The lowest BCUT2D eigenvalue weighted by atomic mass is 10.1. The second-order valence-electron chi connectivity index (χ2n) is 6.41. The average molecular weight is 407 g/mol. The Balaban J connectivity index is 1.68. The summed E-state index contributed by atoms with van der Waals surface area (Å²) >= 11 is 12.0. The number of carbonyl (C=O) groups is 2. The van der Waals surface area contributed by atoms with Crippen molar-refractivity contribution in [3.05, 3.63) is 57.6 Å². The van der Waals surface area contributed by atoms with Crippen molar-refractivity contribution in [3.8, 4) is 5.75 Å². The number of hydrogen-bond acceptors (Lipinski definition) is 3. The first kappa shape index (κ1) is 19.5. The molecule has 0 saturated heterocycles. The van der Waals surface area contributed by atoms with E-state index in [1.165, 1.54) is 6.92 Å². The van der Waals surface area contributed by atoms with E-state index >= 15 is 0 Å². The topological polar surface area (TPSA) is 58.6 Å². The molecule has 2 aromatic rings. The number of carbonyl (C=O) groups excluding carboxylic acids is 2. The van der Waals surface area contributed by atoms with Gasteiger partial charge >= 0.3 is 0 Å². The molecule has 1 N–H and O–H groups in total. The van der Waals surface area contributed by atoms with Crippen LogP contribution in [-0.2, 0) is 9.59 Å². The smallest absolute Gasteiger partial charge is 0.254 e. The van der Waals surface area contributed by atoms with Crippen LogP contribution in [0.2, 0.25) is 10.0 Å². The van der Waals surface area contributed by atoms with Gasteiger partial charge in [0.2, 0.25) is 5.91 Å². The van der Waals surface area contributed by atoms with Gasteiger partial charge < -0.3 is 15.0 Å². The Morgan fingerprint density at radius 1 is 1.26 bits per heavy atom. The van der Waals surface area contributed by atoms with Crippen molar-refractivity contribution in [2.45, 2.75) is 26.3 Å². The van der Waals surface area contributed by atoms with Gasteiger partial charge in [0, 0.05) is 24.1 Å². The summed E-state index contributed by atoms with van der Waals surface area (Å²) in [6, 6.07) is 10.2. The Labute approximate surface area is 168 Å². The van der Waals surface area contributed by atoms with Gasteiger partial charge in [-0.1, -0.05) is 41.4 Å². The molecule has 0 saturated carbocycles. The standard InChI is InChI=1S/C20H20Cl2N2O3/c1-12-5-3-6-15-18(23-13(2)25)20(26)24(19(12)15)9-4-10-27-17-8-7-14(21)11-16(17)22/h3,5-8,11,18H,4,9-10H2,1-2H3,(H,23,25)/t18-/m0/s1. The highest BCUT2D eigenvalue weighted by atomic mass is 35.5. The van der Waals surface area contributed by atoms with Crippen LogP contribution >= 0.6 is 23.2 Å². The molecule has 142 valence electrons. The van der Waals surface area contributed by atoms with E-state index in [0.29, 0.717) is 35.4 Å². The van der Waals surface area contributed by atoms with Crippen molar-refractivity contribution >= 4 is 40.7 Å². The number of ether oxygens (including phenoxy) is 1. The van der Waals surface area contributed by atoms with Crippen molar-refractivity contribution in [1.82, 2.24) is 5.32 Å². The van der Waals surface area contributed by atoms with Gasteiger partial charge in [0.1, 0.15) is 11.8 Å². The van der Waals surface area contributed by atoms with E-state index in [4.69, 9.17) is 27.9 Å². The molecular formula is C20H20Cl2N2O3. The predicted molar refractivity (Wildman–Crippen MR) is 107 cm³/mol. The van der Waals surface area contributed by atoms with Gasteiger partial charge in [0.05, 0.1) is 17.3 Å². The molecule has 0 spiro atoms. The Morgan fingerprint density at radius 3 is 2.74 bits per heavy atom. The van der Waals surface area contributed by atoms with Crippen LogP contribution in [0.1, 0.15) is 30.5 Å². The third kappa shape index (κ3) is 4.20. The molecule has 7 heteroatoms. The highest BCUT2D eigenvalue weighted by Gasteiger charge is 2.38. The number of benzene rings is 2. The molecule has 0 aromatic heterocycles. The Kier molecular flexibility index (Phi) is 5.92. The molecule has 0 aliphatic carbocycles. The fourth-order valence-corrected chi connectivity index (χ4v) is 3.71. The number of para-hydroxylation sites is 1. The fourth-order valence-electron chi connectivity index (χ4n) is 3.24. The van der Waals surface area contributed by atoms with Crippen LogP contribution in [0.5, 0.6) is 5.75 Å². The summed E-state index contributed by atoms with van der Waals surface area (Å²) in [5.41, 5.74) is 2.69. The molecule has 0 fully saturated rings. The molecule has 0 radical (unpaired) electrons. The SMILES string of the molecule is CC(=O)N[C@@H]1C(=O)N(CCCOc2ccc(Cl)cc2Cl)c2c(C)cccc21. The number of nitrogens with one attached hydrogen (secondary N) is 1. The summed E-state index contributed by atoms with van der Waals surface area (Å²) < 4.78 is 5.70. The van der Waals surface area contributed by atoms with Crippen molar-refractivity contribution in [3.63, 3.8) is 0 Å². The van der Waals surface area contributed by atoms with E-state index < -0.39 is 6.04 Å². The van der Waals surface area contributed by atoms with Crippen LogP contribution < -0.4 is 15.0 Å². The number of amides is 2. The van der Waals surface area contributed by atoms with E-state index in [0.717, 1.165) is 16.8 Å². The minimum absolute atomic E-state index is 0.126. The minimum Gasteiger partial charge on any atom is -0.492 e. The zero-order valence-corrected chi connectivity index (χ0v) is 16.6. The summed E-state index contributed by atoms with van der Waals surface area (Å²) in [5.74, 6) is 0.198. The minimum atomic E-state index is -0.635. The molecule has 1 atom stereocenters. The number of halogens is 2. The van der Waals surface area contributed by atoms with Crippen LogP contribution in [0, 0.1) is 6.92 Å². The third-order valence-electron chi connectivity index (χ3n) is 4.39. The molecular weight excluding hydrogens is 387 g/mol. The monoisotopic (exact) mass is 406 g/mol. The van der Waals surface area contributed by atoms with Crippen molar-refractivity contribution < 1.29 is 14.3 Å². The van der Waals surface area contributed by atoms with E-state index in [2.05, 4.69) is 5.32 Å². The number of hydrogen-bond donors (Lipinski definition) is 1. The summed E-state index contributed by atoms with van der Waals surface area (Å²) in [6.45, 7) is 4.25. The maximum atomic E-state index is 12.8. The van der Waals surface area contributed by atoms with E-state index in [-0.39, 0.29) is 11.8 Å². The van der Waals surface area contributed by atoms with Gasteiger partial charge in [0.25, 0.3) is 5.91 Å². The Hall–Kier alpha value is -2.24. The molecule has 1 heterocycles. The van der Waals surface area contributed by atoms with Gasteiger partial charge in [-0.05, 0) is 37.1 Å². The molecule has 2 amide bonds. The second kappa shape index (κ2) is 8.19. The maximum Gasteiger partial charge on any atom is 0.254 e. The number of rotatable bonds is 6. The van der Waals surface area contributed by atoms with Gasteiger partial charge in [-0.15, -0.1) is 0 Å². The van der Waals surface area contributed by atoms with Gasteiger partial charge in [-0.25, -0.2) is 0 Å². The third-order valence-corrected chi connectivity index (χ3v) is 4.92. The van der Waals surface area contributed by atoms with Crippen molar-refractivity contribution in [1.29, 1.82) is 0 Å². The molecule has 1 aliphatic heterocycles. The summed E-state index contributed by atoms with van der Waals surface area (Å²) in [6.07, 6.45) is 0.616. The predicted octanol–water partition coefficient (Wildman–Crippen LogP) is 4.29. The number of anilines is 1. The molecule has 1 aliphatic rings. The average Bonchev–Trinajstić information content (AvgIpc) is 2.86. The van der Waals surface area contributed by atoms with Crippen molar-refractivity contribution in [2.24, 2.45) is 0 Å². The zero-order chi connectivity index (χ0) is 19.6. The first-order chi connectivity index (χ1) is 12.9. The first-order valence-corrected chi connectivity index (χ1v) is 9.40. The van der Waals surface area contributed by atoms with E-state index in [9.17, 15) is 9.59 Å². The lowest BCUT2D eigenvalue weighted by Gasteiger charge is -2.20. The van der Waals surface area contributed by atoms with Crippen LogP contribution in [-0.4, -0.2) is 25.0 Å². The Bertz CT molecular complexity index is 886. The zero-order valence-electron chi connectivity index (χ0n) is 15.1. The van der Waals surface area contributed by atoms with Gasteiger partial charge in [-0.3, -0.25) is 9.59 Å². The highest BCUT2D eigenvalue weighted by Crippen LogP contribution is 2.38. The van der Waals surface area contributed by atoms with Gasteiger partial charge in [-0.2, -0.15) is 0 Å². The highest BCUT2D eigenvalue weighted by molar-refractivity contribution is 6.35. The summed E-state index contributed by atoms with van der Waals surface area (Å²) in [7, 11) is 0. The lowest BCUT2D eigenvalue weighted by molar-refractivity contribution is -0.126. The molecule has 5 nitrogen and oxygen atoms in total. The van der Waals surface area contributed by atoms with Crippen LogP contribution in [0.15, 0.2) is 36.4 Å².